The second-order valence-electron chi connectivity index (χ2n) is 4.86. The fourth-order valence-electron chi connectivity index (χ4n) is 2.38. The zero-order valence-electron chi connectivity index (χ0n) is 11.5. The van der Waals surface area contributed by atoms with E-state index in [1.165, 1.54) is 0 Å². The summed E-state index contributed by atoms with van der Waals surface area (Å²) in [5, 5.41) is 11.9. The minimum atomic E-state index is -0.729. The lowest BCUT2D eigenvalue weighted by Gasteiger charge is -2.11. The molecule has 4 heteroatoms. The number of para-hydroxylation sites is 1. The van der Waals surface area contributed by atoms with Crippen molar-refractivity contribution in [1.29, 1.82) is 0 Å². The first-order valence-electron chi connectivity index (χ1n) is 6.66. The van der Waals surface area contributed by atoms with E-state index in [4.69, 9.17) is 20.8 Å². The van der Waals surface area contributed by atoms with Gasteiger partial charge in [-0.15, -0.1) is 0 Å². The zero-order valence-corrected chi connectivity index (χ0v) is 12.3. The second-order valence-corrected chi connectivity index (χ2v) is 5.30. The molecule has 0 spiro atoms. The van der Waals surface area contributed by atoms with Crippen LogP contribution in [0.15, 0.2) is 52.9 Å². The summed E-state index contributed by atoms with van der Waals surface area (Å²) >= 11 is 5.96. The maximum atomic E-state index is 10.4. The van der Waals surface area contributed by atoms with Crippen molar-refractivity contribution in [3.8, 4) is 5.75 Å². The fraction of sp³-hybridized carbons (Fsp3) is 0.176. The minimum absolute atomic E-state index is 0.428. The lowest BCUT2D eigenvalue weighted by molar-refractivity contribution is 0.151. The lowest BCUT2D eigenvalue weighted by atomic mass is 10.1. The highest BCUT2D eigenvalue weighted by Crippen LogP contribution is 2.30. The summed E-state index contributed by atoms with van der Waals surface area (Å²) in [5.41, 5.74) is 1.65. The minimum Gasteiger partial charge on any atom is -0.496 e. The van der Waals surface area contributed by atoms with Crippen LogP contribution in [-0.4, -0.2) is 12.2 Å². The van der Waals surface area contributed by atoms with Gasteiger partial charge >= 0.3 is 0 Å². The second kappa shape index (κ2) is 5.80. The Kier molecular flexibility index (Phi) is 3.86. The molecule has 3 aromatic rings. The van der Waals surface area contributed by atoms with Gasteiger partial charge in [-0.05, 0) is 35.9 Å². The topological polar surface area (TPSA) is 42.6 Å². The van der Waals surface area contributed by atoms with Gasteiger partial charge in [0.25, 0.3) is 0 Å². The van der Waals surface area contributed by atoms with Crippen LogP contribution < -0.4 is 4.74 Å². The number of aliphatic hydroxyl groups is 1. The van der Waals surface area contributed by atoms with Crippen molar-refractivity contribution in [2.45, 2.75) is 12.5 Å². The van der Waals surface area contributed by atoms with Gasteiger partial charge in [-0.2, -0.15) is 0 Å². The maximum Gasteiger partial charge on any atom is 0.134 e. The molecule has 3 nitrogen and oxygen atoms in total. The van der Waals surface area contributed by atoms with E-state index in [0.717, 1.165) is 16.7 Å². The molecule has 108 valence electrons. The Morgan fingerprint density at radius 2 is 2.00 bits per heavy atom. The number of rotatable bonds is 4. The summed E-state index contributed by atoms with van der Waals surface area (Å²) in [6.45, 7) is 0. The molecule has 1 aromatic heterocycles. The van der Waals surface area contributed by atoms with Gasteiger partial charge in [0.05, 0.1) is 7.11 Å². The molecule has 2 aromatic carbocycles. The quantitative estimate of drug-likeness (QED) is 0.778. The van der Waals surface area contributed by atoms with Gasteiger partial charge in [-0.25, -0.2) is 0 Å². The molecule has 0 radical (unpaired) electrons. The van der Waals surface area contributed by atoms with Crippen LogP contribution in [0, 0.1) is 0 Å². The van der Waals surface area contributed by atoms with E-state index in [-0.39, 0.29) is 0 Å². The van der Waals surface area contributed by atoms with E-state index < -0.39 is 6.10 Å². The molecule has 0 saturated heterocycles. The fourth-order valence-corrected chi connectivity index (χ4v) is 2.56. The third-order valence-corrected chi connectivity index (χ3v) is 3.67. The van der Waals surface area contributed by atoms with Crippen LogP contribution in [0.2, 0.25) is 5.02 Å². The molecule has 1 atom stereocenters. The molecule has 0 aliphatic heterocycles. The third kappa shape index (κ3) is 2.89. The standard InChI is InChI=1S/C17H15ClO3/c1-20-15-5-3-2-4-11(15)9-14(19)17-10-12-8-13(18)6-7-16(12)21-17/h2-8,10,14,19H,9H2,1H3. The van der Waals surface area contributed by atoms with E-state index in [9.17, 15) is 5.11 Å². The molecule has 0 aliphatic carbocycles. The van der Waals surface area contributed by atoms with Crippen LogP contribution in [0.5, 0.6) is 5.75 Å². The number of hydrogen-bond acceptors (Lipinski definition) is 3. The number of fused-ring (bicyclic) bond motifs is 1. The van der Waals surface area contributed by atoms with E-state index >= 15 is 0 Å². The van der Waals surface area contributed by atoms with Gasteiger partial charge < -0.3 is 14.3 Å². The van der Waals surface area contributed by atoms with E-state index in [1.807, 2.05) is 36.4 Å². The molecule has 0 fully saturated rings. The van der Waals surface area contributed by atoms with Crippen molar-refractivity contribution in [3.05, 3.63) is 64.9 Å². The predicted molar refractivity (Wildman–Crippen MR) is 82.9 cm³/mol. The largest absolute Gasteiger partial charge is 0.496 e. The van der Waals surface area contributed by atoms with Crippen LogP contribution in [0.25, 0.3) is 11.0 Å². The molecule has 1 N–H and O–H groups in total. The Morgan fingerprint density at radius 1 is 1.19 bits per heavy atom. The molecule has 0 saturated carbocycles. The number of halogens is 1. The molecule has 1 unspecified atom stereocenters. The normalized spacial score (nSPS) is 12.5. The van der Waals surface area contributed by atoms with E-state index in [0.29, 0.717) is 22.8 Å². The highest BCUT2D eigenvalue weighted by Gasteiger charge is 2.16. The Bertz CT molecular complexity index is 764. The van der Waals surface area contributed by atoms with Crippen molar-refractivity contribution in [2.24, 2.45) is 0 Å². The summed E-state index contributed by atoms with van der Waals surface area (Å²) in [6.07, 6.45) is -0.301. The van der Waals surface area contributed by atoms with Crippen molar-refractivity contribution in [3.63, 3.8) is 0 Å². The smallest absolute Gasteiger partial charge is 0.134 e. The highest BCUT2D eigenvalue weighted by molar-refractivity contribution is 6.31. The van der Waals surface area contributed by atoms with Gasteiger partial charge in [0.2, 0.25) is 0 Å². The van der Waals surface area contributed by atoms with Crippen LogP contribution in [0.4, 0.5) is 0 Å². The molecular weight excluding hydrogens is 288 g/mol. The van der Waals surface area contributed by atoms with Crippen molar-refractivity contribution >= 4 is 22.6 Å². The van der Waals surface area contributed by atoms with E-state index in [2.05, 4.69) is 0 Å². The first-order chi connectivity index (χ1) is 10.2. The number of methoxy groups -OCH3 is 1. The first-order valence-corrected chi connectivity index (χ1v) is 7.04. The van der Waals surface area contributed by atoms with Crippen LogP contribution in [0.3, 0.4) is 0 Å². The van der Waals surface area contributed by atoms with Crippen molar-refractivity contribution in [1.82, 2.24) is 0 Å². The molecule has 21 heavy (non-hydrogen) atoms. The maximum absolute atomic E-state index is 10.4. The van der Waals surface area contributed by atoms with Crippen molar-refractivity contribution < 1.29 is 14.3 Å². The average Bonchev–Trinajstić information content (AvgIpc) is 2.91. The Hall–Kier alpha value is -1.97. The summed E-state index contributed by atoms with van der Waals surface area (Å²) in [7, 11) is 1.62. The average molecular weight is 303 g/mol. The number of ether oxygens (including phenoxy) is 1. The predicted octanol–water partition coefficient (Wildman–Crippen LogP) is 4.37. The Morgan fingerprint density at radius 3 is 2.81 bits per heavy atom. The van der Waals surface area contributed by atoms with Crippen molar-refractivity contribution in [2.75, 3.05) is 7.11 Å². The van der Waals surface area contributed by atoms with E-state index in [1.54, 1.807) is 19.2 Å². The van der Waals surface area contributed by atoms with Gasteiger partial charge in [-0.3, -0.25) is 0 Å². The van der Waals surface area contributed by atoms with Crippen LogP contribution in [-0.2, 0) is 6.42 Å². The van der Waals surface area contributed by atoms with Crippen LogP contribution in [0.1, 0.15) is 17.4 Å². The lowest BCUT2D eigenvalue weighted by Crippen LogP contribution is -2.02. The van der Waals surface area contributed by atoms with Gasteiger partial charge in [-0.1, -0.05) is 29.8 Å². The summed E-state index contributed by atoms with van der Waals surface area (Å²) < 4.78 is 11.0. The Labute approximate surface area is 127 Å². The van der Waals surface area contributed by atoms with Gasteiger partial charge in [0.1, 0.15) is 23.2 Å². The van der Waals surface area contributed by atoms with Gasteiger partial charge in [0, 0.05) is 16.8 Å². The molecule has 3 rings (SSSR count). The SMILES string of the molecule is COc1ccccc1CC(O)c1cc2cc(Cl)ccc2o1. The molecule has 0 aliphatic rings. The van der Waals surface area contributed by atoms with Gasteiger partial charge in [0.15, 0.2) is 0 Å². The molecule has 0 bridgehead atoms. The summed E-state index contributed by atoms with van der Waals surface area (Å²) in [4.78, 5) is 0. The summed E-state index contributed by atoms with van der Waals surface area (Å²) in [6, 6.07) is 14.8. The summed E-state index contributed by atoms with van der Waals surface area (Å²) in [5.74, 6) is 1.29. The number of furan rings is 1. The first kappa shape index (κ1) is 14.0. The number of aliphatic hydroxyl groups excluding tert-OH is 1. The molecule has 0 amide bonds. The monoisotopic (exact) mass is 302 g/mol. The molecule has 1 heterocycles. The molecular formula is C17H15ClO3. The Balaban J connectivity index is 1.88. The van der Waals surface area contributed by atoms with Crippen LogP contribution >= 0.6 is 11.6 Å². The highest BCUT2D eigenvalue weighted by atomic mass is 35.5. The third-order valence-electron chi connectivity index (χ3n) is 3.43. The zero-order chi connectivity index (χ0) is 14.8. The number of benzene rings is 2. The number of hydrogen-bond donors (Lipinski definition) is 1.